The van der Waals surface area contributed by atoms with Gasteiger partial charge in [0.25, 0.3) is 0 Å². The predicted molar refractivity (Wildman–Crippen MR) is 69.8 cm³/mol. The highest BCUT2D eigenvalue weighted by Crippen LogP contribution is 2.39. The molecule has 2 aromatic rings. The fourth-order valence-electron chi connectivity index (χ4n) is 1.87. The van der Waals surface area contributed by atoms with Gasteiger partial charge in [-0.3, -0.25) is 0 Å². The molecule has 0 fully saturated rings. The maximum absolute atomic E-state index is 11.3. The molecule has 1 aromatic carbocycles. The van der Waals surface area contributed by atoms with Crippen molar-refractivity contribution in [2.24, 2.45) is 0 Å². The number of hydrogen-bond donors (Lipinski definition) is 1. The molecule has 86 valence electrons. The van der Waals surface area contributed by atoms with Crippen molar-refractivity contribution in [3.05, 3.63) is 39.7 Å². The van der Waals surface area contributed by atoms with Crippen LogP contribution in [0.1, 0.15) is 5.56 Å². The topological polar surface area (TPSA) is 46.5 Å². The van der Waals surface area contributed by atoms with E-state index in [0.717, 1.165) is 15.6 Å². The average molecular weight is 311 g/mol. The molecule has 0 radical (unpaired) electrons. The SMILES string of the molecule is O=C1OC(O)C(c2csc3ccccc23)=C1Br. The van der Waals surface area contributed by atoms with Gasteiger partial charge in [0.15, 0.2) is 0 Å². The Morgan fingerprint density at radius 1 is 1.35 bits per heavy atom. The van der Waals surface area contributed by atoms with Crippen molar-refractivity contribution in [2.75, 3.05) is 0 Å². The largest absolute Gasteiger partial charge is 0.427 e. The number of fused-ring (bicyclic) bond motifs is 1. The predicted octanol–water partition coefficient (Wildman–Crippen LogP) is 2.88. The van der Waals surface area contributed by atoms with E-state index < -0.39 is 12.3 Å². The molecule has 1 N–H and O–H groups in total. The third-order valence-corrected chi connectivity index (χ3v) is 4.37. The van der Waals surface area contributed by atoms with Crippen molar-refractivity contribution in [2.45, 2.75) is 6.29 Å². The van der Waals surface area contributed by atoms with Crippen molar-refractivity contribution in [3.63, 3.8) is 0 Å². The van der Waals surface area contributed by atoms with Gasteiger partial charge >= 0.3 is 5.97 Å². The van der Waals surface area contributed by atoms with Crippen molar-refractivity contribution in [1.82, 2.24) is 0 Å². The van der Waals surface area contributed by atoms with Crippen LogP contribution in [0.3, 0.4) is 0 Å². The van der Waals surface area contributed by atoms with Gasteiger partial charge in [-0.1, -0.05) is 18.2 Å². The molecule has 3 nitrogen and oxygen atoms in total. The van der Waals surface area contributed by atoms with Crippen LogP contribution in [0.4, 0.5) is 0 Å². The average Bonchev–Trinajstić information content (AvgIpc) is 2.82. The molecule has 0 aliphatic carbocycles. The van der Waals surface area contributed by atoms with E-state index in [1.807, 2.05) is 29.6 Å². The number of thiophene rings is 1. The summed E-state index contributed by atoms with van der Waals surface area (Å²) >= 11 is 4.74. The molecule has 2 heterocycles. The van der Waals surface area contributed by atoms with Crippen molar-refractivity contribution in [1.29, 1.82) is 0 Å². The van der Waals surface area contributed by atoms with E-state index in [0.29, 0.717) is 10.1 Å². The van der Waals surface area contributed by atoms with Gasteiger partial charge in [0.1, 0.15) is 4.48 Å². The summed E-state index contributed by atoms with van der Waals surface area (Å²) in [5.74, 6) is -0.525. The molecule has 1 aliphatic rings. The Hall–Kier alpha value is -1.17. The number of carbonyl (C=O) groups is 1. The molecular formula is C12H7BrO3S. The first-order chi connectivity index (χ1) is 8.18. The van der Waals surface area contributed by atoms with E-state index in [2.05, 4.69) is 15.9 Å². The first-order valence-electron chi connectivity index (χ1n) is 4.94. The van der Waals surface area contributed by atoms with Crippen LogP contribution in [-0.4, -0.2) is 17.4 Å². The van der Waals surface area contributed by atoms with Crippen LogP contribution >= 0.6 is 27.3 Å². The number of aliphatic hydroxyl groups excluding tert-OH is 1. The van der Waals surface area contributed by atoms with Crippen molar-refractivity contribution < 1.29 is 14.6 Å². The van der Waals surface area contributed by atoms with Gasteiger partial charge in [0.2, 0.25) is 6.29 Å². The summed E-state index contributed by atoms with van der Waals surface area (Å²) in [4.78, 5) is 11.3. The zero-order chi connectivity index (χ0) is 12.0. The number of ether oxygens (including phenoxy) is 1. The Labute approximate surface area is 109 Å². The zero-order valence-electron chi connectivity index (χ0n) is 8.51. The van der Waals surface area contributed by atoms with Crippen LogP contribution in [0.15, 0.2) is 34.1 Å². The highest BCUT2D eigenvalue weighted by molar-refractivity contribution is 9.12. The molecule has 0 spiro atoms. The summed E-state index contributed by atoms with van der Waals surface area (Å²) in [5, 5.41) is 12.7. The molecule has 0 saturated carbocycles. The minimum atomic E-state index is -1.19. The second-order valence-corrected chi connectivity index (χ2v) is 5.34. The first-order valence-corrected chi connectivity index (χ1v) is 6.61. The fraction of sp³-hybridized carbons (Fsp3) is 0.0833. The van der Waals surface area contributed by atoms with E-state index in [4.69, 9.17) is 4.74 Å². The first kappa shape index (κ1) is 11.0. The molecule has 3 rings (SSSR count). The lowest BCUT2D eigenvalue weighted by molar-refractivity contribution is -0.149. The maximum atomic E-state index is 11.3. The van der Waals surface area contributed by atoms with E-state index >= 15 is 0 Å². The van der Waals surface area contributed by atoms with E-state index in [1.54, 1.807) is 11.3 Å². The van der Waals surface area contributed by atoms with Crippen molar-refractivity contribution in [3.8, 4) is 0 Å². The van der Waals surface area contributed by atoms with Gasteiger partial charge in [-0.05, 0) is 27.4 Å². The number of carbonyl (C=O) groups excluding carboxylic acids is 1. The lowest BCUT2D eigenvalue weighted by Crippen LogP contribution is -2.08. The highest BCUT2D eigenvalue weighted by Gasteiger charge is 2.33. The van der Waals surface area contributed by atoms with Crippen LogP contribution in [0.2, 0.25) is 0 Å². The fourth-order valence-corrected chi connectivity index (χ4v) is 3.33. The van der Waals surface area contributed by atoms with Gasteiger partial charge in [-0.15, -0.1) is 11.3 Å². The van der Waals surface area contributed by atoms with Crippen molar-refractivity contribution >= 4 is 48.9 Å². The Morgan fingerprint density at radius 3 is 2.82 bits per heavy atom. The number of halogens is 1. The Balaban J connectivity index is 2.26. The number of benzene rings is 1. The standard InChI is InChI=1S/C12H7BrO3S/c13-10-9(11(14)16-12(10)15)7-5-17-8-4-2-1-3-6(7)8/h1-5,11,14H. The zero-order valence-corrected chi connectivity index (χ0v) is 10.9. The smallest absolute Gasteiger partial charge is 0.348 e. The second-order valence-electron chi connectivity index (χ2n) is 3.63. The molecular weight excluding hydrogens is 304 g/mol. The molecule has 0 bridgehead atoms. The second kappa shape index (κ2) is 3.94. The van der Waals surface area contributed by atoms with E-state index in [9.17, 15) is 9.90 Å². The normalized spacial score (nSPS) is 20.1. The molecule has 1 aromatic heterocycles. The molecule has 1 aliphatic heterocycles. The van der Waals surface area contributed by atoms with Gasteiger partial charge in [0.05, 0.1) is 5.57 Å². The molecule has 5 heteroatoms. The number of hydrogen-bond acceptors (Lipinski definition) is 4. The molecule has 1 atom stereocenters. The Bertz CT molecular complexity index is 644. The minimum absolute atomic E-state index is 0.300. The number of rotatable bonds is 1. The Morgan fingerprint density at radius 2 is 2.12 bits per heavy atom. The van der Waals surface area contributed by atoms with Gasteiger partial charge in [-0.25, -0.2) is 4.79 Å². The number of esters is 1. The summed E-state index contributed by atoms with van der Waals surface area (Å²) in [5.41, 5.74) is 1.35. The third-order valence-electron chi connectivity index (χ3n) is 2.65. The van der Waals surface area contributed by atoms with Gasteiger partial charge in [-0.2, -0.15) is 0 Å². The van der Waals surface area contributed by atoms with Gasteiger partial charge in [0, 0.05) is 15.6 Å². The van der Waals surface area contributed by atoms with E-state index in [1.165, 1.54) is 0 Å². The third kappa shape index (κ3) is 1.62. The molecule has 0 saturated heterocycles. The summed E-state index contributed by atoms with van der Waals surface area (Å²) in [7, 11) is 0. The van der Waals surface area contributed by atoms with Crippen LogP contribution < -0.4 is 0 Å². The molecule has 1 unspecified atom stereocenters. The molecule has 0 amide bonds. The van der Waals surface area contributed by atoms with Crippen LogP contribution in [0.5, 0.6) is 0 Å². The number of cyclic esters (lactones) is 1. The van der Waals surface area contributed by atoms with Crippen LogP contribution in [-0.2, 0) is 9.53 Å². The minimum Gasteiger partial charge on any atom is -0.427 e. The monoisotopic (exact) mass is 310 g/mol. The Kier molecular flexibility index (Phi) is 2.54. The summed E-state index contributed by atoms with van der Waals surface area (Å²) in [6.07, 6.45) is -1.19. The maximum Gasteiger partial charge on any atom is 0.348 e. The molecule has 17 heavy (non-hydrogen) atoms. The van der Waals surface area contributed by atoms with Gasteiger partial charge < -0.3 is 9.84 Å². The lowest BCUT2D eigenvalue weighted by Gasteiger charge is -2.06. The summed E-state index contributed by atoms with van der Waals surface area (Å²) in [6.45, 7) is 0. The summed E-state index contributed by atoms with van der Waals surface area (Å²) < 4.78 is 6.17. The quantitative estimate of drug-likeness (QED) is 0.824. The van der Waals surface area contributed by atoms with Crippen LogP contribution in [0, 0.1) is 0 Å². The number of aliphatic hydroxyl groups is 1. The highest BCUT2D eigenvalue weighted by atomic mass is 79.9. The lowest BCUT2D eigenvalue weighted by atomic mass is 10.1. The van der Waals surface area contributed by atoms with Crippen LogP contribution in [0.25, 0.3) is 15.7 Å². The summed E-state index contributed by atoms with van der Waals surface area (Å²) in [6, 6.07) is 7.85. The van der Waals surface area contributed by atoms with E-state index in [-0.39, 0.29) is 0 Å².